The summed E-state index contributed by atoms with van der Waals surface area (Å²) in [6, 6.07) is 0.224. The number of hydrogen-bond acceptors (Lipinski definition) is 2. The minimum Gasteiger partial charge on any atom is -0.329 e. The van der Waals surface area contributed by atoms with Crippen molar-refractivity contribution in [1.29, 1.82) is 0 Å². The van der Waals surface area contributed by atoms with E-state index in [1.807, 2.05) is 0 Å². The Bertz CT molecular complexity index is 282. The first-order chi connectivity index (χ1) is 6.81. The number of rotatable bonds is 2. The van der Waals surface area contributed by atoms with E-state index in [1.54, 1.807) is 11.1 Å². The van der Waals surface area contributed by atoms with Gasteiger partial charge in [0.1, 0.15) is 0 Å². The maximum Gasteiger partial charge on any atom is 0.0229 e. The molecular formula is C12H20N2. The smallest absolute Gasteiger partial charge is 0.0229 e. The van der Waals surface area contributed by atoms with E-state index in [9.17, 15) is 0 Å². The fourth-order valence-electron chi connectivity index (χ4n) is 4.05. The Morgan fingerprint density at radius 1 is 1.29 bits per heavy atom. The largest absolute Gasteiger partial charge is 0.329 e. The molecule has 2 saturated carbocycles. The van der Waals surface area contributed by atoms with Crippen LogP contribution in [0.1, 0.15) is 32.1 Å². The predicted molar refractivity (Wildman–Crippen MR) is 57.6 cm³/mol. The highest BCUT2D eigenvalue weighted by atomic mass is 14.7. The van der Waals surface area contributed by atoms with Crippen molar-refractivity contribution in [2.24, 2.45) is 29.2 Å². The van der Waals surface area contributed by atoms with Gasteiger partial charge in [0, 0.05) is 12.6 Å². The number of hydrogen-bond donors (Lipinski definition) is 2. The van der Waals surface area contributed by atoms with Crippen molar-refractivity contribution >= 4 is 0 Å². The molecule has 2 bridgehead atoms. The second-order valence-electron chi connectivity index (χ2n) is 5.25. The Morgan fingerprint density at radius 2 is 2.14 bits per heavy atom. The zero-order chi connectivity index (χ0) is 9.71. The molecule has 0 aromatic rings. The molecule has 2 heteroatoms. The van der Waals surface area contributed by atoms with Crippen LogP contribution in [0.15, 0.2) is 11.1 Å². The van der Waals surface area contributed by atoms with Crippen LogP contribution in [0.25, 0.3) is 0 Å². The monoisotopic (exact) mass is 192 g/mol. The van der Waals surface area contributed by atoms with Gasteiger partial charge >= 0.3 is 0 Å². The second-order valence-corrected chi connectivity index (χ2v) is 5.25. The van der Waals surface area contributed by atoms with Gasteiger partial charge in [-0.25, -0.2) is 0 Å². The average Bonchev–Trinajstić information content (AvgIpc) is 2.87. The van der Waals surface area contributed by atoms with Gasteiger partial charge in [0.05, 0.1) is 0 Å². The molecule has 2 fully saturated rings. The molecule has 78 valence electrons. The van der Waals surface area contributed by atoms with Gasteiger partial charge in [-0.15, -0.1) is 0 Å². The van der Waals surface area contributed by atoms with Crippen molar-refractivity contribution in [3.63, 3.8) is 0 Å². The van der Waals surface area contributed by atoms with Gasteiger partial charge in [0.25, 0.3) is 0 Å². The highest BCUT2D eigenvalue weighted by Gasteiger charge is 2.46. The fourth-order valence-corrected chi connectivity index (χ4v) is 4.05. The normalized spacial score (nSPS) is 42.0. The first kappa shape index (κ1) is 8.93. The highest BCUT2D eigenvalue weighted by molar-refractivity contribution is 5.34. The molecule has 0 spiro atoms. The fraction of sp³-hybridized carbons (Fsp3) is 0.833. The van der Waals surface area contributed by atoms with E-state index in [1.165, 1.54) is 32.1 Å². The van der Waals surface area contributed by atoms with E-state index in [-0.39, 0.29) is 6.04 Å². The summed E-state index contributed by atoms with van der Waals surface area (Å²) in [4.78, 5) is 0. The highest BCUT2D eigenvalue weighted by Crippen LogP contribution is 2.57. The summed E-state index contributed by atoms with van der Waals surface area (Å²) in [5, 5.41) is 0. The van der Waals surface area contributed by atoms with Crippen LogP contribution in [-0.2, 0) is 0 Å². The molecule has 0 heterocycles. The zero-order valence-electron chi connectivity index (χ0n) is 8.71. The molecule has 3 rings (SSSR count). The molecule has 0 aromatic heterocycles. The van der Waals surface area contributed by atoms with Gasteiger partial charge in [-0.2, -0.15) is 0 Å². The summed E-state index contributed by atoms with van der Waals surface area (Å²) in [6.07, 6.45) is 6.91. The van der Waals surface area contributed by atoms with Crippen LogP contribution in [0, 0.1) is 17.8 Å². The third-order valence-electron chi connectivity index (χ3n) is 4.68. The van der Waals surface area contributed by atoms with Crippen LogP contribution in [0.4, 0.5) is 0 Å². The van der Waals surface area contributed by atoms with Gasteiger partial charge in [-0.05, 0) is 49.9 Å². The third kappa shape index (κ3) is 1.04. The van der Waals surface area contributed by atoms with Crippen LogP contribution in [-0.4, -0.2) is 12.6 Å². The summed E-state index contributed by atoms with van der Waals surface area (Å²) >= 11 is 0. The SMILES string of the molecule is NCC(N)C1CCC2C1=C1CCC2C1. The van der Waals surface area contributed by atoms with Crippen LogP contribution in [0.3, 0.4) is 0 Å². The van der Waals surface area contributed by atoms with Crippen molar-refractivity contribution < 1.29 is 0 Å². The molecular weight excluding hydrogens is 172 g/mol. The third-order valence-corrected chi connectivity index (χ3v) is 4.68. The Labute approximate surface area is 85.7 Å². The number of allylic oxidation sites excluding steroid dienone is 1. The van der Waals surface area contributed by atoms with Crippen molar-refractivity contribution in [3.05, 3.63) is 11.1 Å². The molecule has 0 aliphatic heterocycles. The van der Waals surface area contributed by atoms with E-state index < -0.39 is 0 Å². The lowest BCUT2D eigenvalue weighted by molar-refractivity contribution is 0.410. The van der Waals surface area contributed by atoms with Crippen molar-refractivity contribution in [2.45, 2.75) is 38.1 Å². The Hall–Kier alpha value is -0.340. The van der Waals surface area contributed by atoms with Gasteiger partial charge in [-0.1, -0.05) is 11.1 Å². The van der Waals surface area contributed by atoms with Crippen LogP contribution in [0.2, 0.25) is 0 Å². The first-order valence-electron chi connectivity index (χ1n) is 5.98. The summed E-state index contributed by atoms with van der Waals surface area (Å²) in [6.45, 7) is 0.652. The Morgan fingerprint density at radius 3 is 2.93 bits per heavy atom. The molecule has 0 radical (unpaired) electrons. The second kappa shape index (κ2) is 3.07. The molecule has 4 atom stereocenters. The molecule has 14 heavy (non-hydrogen) atoms. The van der Waals surface area contributed by atoms with E-state index in [0.29, 0.717) is 12.5 Å². The molecule has 0 aromatic carbocycles. The van der Waals surface area contributed by atoms with E-state index in [0.717, 1.165) is 11.8 Å². The molecule has 3 aliphatic rings. The van der Waals surface area contributed by atoms with Gasteiger partial charge in [0.2, 0.25) is 0 Å². The molecule has 0 amide bonds. The Kier molecular flexibility index (Phi) is 1.96. The van der Waals surface area contributed by atoms with Gasteiger partial charge < -0.3 is 11.5 Å². The minimum absolute atomic E-state index is 0.224. The average molecular weight is 192 g/mol. The summed E-state index contributed by atoms with van der Waals surface area (Å²) in [7, 11) is 0. The summed E-state index contributed by atoms with van der Waals surface area (Å²) < 4.78 is 0. The topological polar surface area (TPSA) is 52.0 Å². The predicted octanol–water partition coefficient (Wildman–Crippen LogP) is 1.41. The summed E-state index contributed by atoms with van der Waals surface area (Å²) in [5.74, 6) is 2.56. The zero-order valence-corrected chi connectivity index (χ0v) is 8.71. The van der Waals surface area contributed by atoms with E-state index >= 15 is 0 Å². The van der Waals surface area contributed by atoms with Crippen LogP contribution in [0.5, 0.6) is 0 Å². The minimum atomic E-state index is 0.224. The van der Waals surface area contributed by atoms with E-state index in [2.05, 4.69) is 0 Å². The van der Waals surface area contributed by atoms with Crippen LogP contribution < -0.4 is 11.5 Å². The maximum absolute atomic E-state index is 6.11. The summed E-state index contributed by atoms with van der Waals surface area (Å²) in [5.41, 5.74) is 15.3. The van der Waals surface area contributed by atoms with Gasteiger partial charge in [0.15, 0.2) is 0 Å². The standard InChI is InChI=1S/C12H20N2/c13-6-11(14)10-4-3-9-7-1-2-8(5-7)12(9)10/h7,9-11H,1-6,13-14H2. The molecule has 0 saturated heterocycles. The lowest BCUT2D eigenvalue weighted by Crippen LogP contribution is -2.37. The quantitative estimate of drug-likeness (QED) is 0.650. The number of nitrogens with two attached hydrogens (primary N) is 2. The molecule has 4 N–H and O–H groups in total. The molecule has 2 nitrogen and oxygen atoms in total. The van der Waals surface area contributed by atoms with Crippen LogP contribution >= 0.6 is 0 Å². The van der Waals surface area contributed by atoms with Crippen molar-refractivity contribution in [1.82, 2.24) is 0 Å². The molecule has 3 aliphatic carbocycles. The lowest BCUT2D eigenvalue weighted by Gasteiger charge is -2.24. The maximum atomic E-state index is 6.11. The van der Waals surface area contributed by atoms with E-state index in [4.69, 9.17) is 11.5 Å². The number of fused-ring (bicyclic) bond motifs is 4. The lowest BCUT2D eigenvalue weighted by atomic mass is 9.84. The molecule has 4 unspecified atom stereocenters. The van der Waals surface area contributed by atoms with Gasteiger partial charge in [-0.3, -0.25) is 0 Å². The van der Waals surface area contributed by atoms with Crippen molar-refractivity contribution in [2.75, 3.05) is 6.54 Å². The Balaban J connectivity index is 1.90. The van der Waals surface area contributed by atoms with Crippen molar-refractivity contribution in [3.8, 4) is 0 Å². The first-order valence-corrected chi connectivity index (χ1v) is 5.98.